The molecule has 1 saturated heterocycles. The van der Waals surface area contributed by atoms with Crippen LogP contribution in [0.2, 0.25) is 0 Å². The van der Waals surface area contributed by atoms with Gasteiger partial charge in [0, 0.05) is 24.7 Å². The molecule has 1 aliphatic heterocycles. The lowest BCUT2D eigenvalue weighted by molar-refractivity contribution is -0.120. The Bertz CT molecular complexity index is 872. The van der Waals surface area contributed by atoms with Gasteiger partial charge >= 0.3 is 0 Å². The van der Waals surface area contributed by atoms with Crippen LogP contribution in [0.3, 0.4) is 0 Å². The molecule has 140 valence electrons. The van der Waals surface area contributed by atoms with Crippen molar-refractivity contribution in [3.8, 4) is 5.75 Å². The number of halogens is 1. The number of hydrogen-bond acceptors (Lipinski definition) is 5. The van der Waals surface area contributed by atoms with E-state index in [4.69, 9.17) is 4.74 Å². The Balaban J connectivity index is 1.58. The Hall–Kier alpha value is -1.42. The van der Waals surface area contributed by atoms with E-state index in [1.807, 2.05) is 0 Å². The molecule has 1 aromatic heterocycles. The van der Waals surface area contributed by atoms with Crippen LogP contribution in [0.5, 0.6) is 5.75 Å². The first kappa shape index (κ1) is 19.3. The van der Waals surface area contributed by atoms with Gasteiger partial charge in [0.2, 0.25) is 5.91 Å². The second-order valence-electron chi connectivity index (χ2n) is 5.95. The van der Waals surface area contributed by atoms with E-state index in [1.54, 1.807) is 43.5 Å². The molecule has 2 heterocycles. The van der Waals surface area contributed by atoms with E-state index in [1.165, 1.54) is 15.6 Å². The lowest BCUT2D eigenvalue weighted by Crippen LogP contribution is -2.41. The molecule has 0 unspecified atom stereocenters. The maximum atomic E-state index is 12.6. The van der Waals surface area contributed by atoms with Crippen molar-refractivity contribution in [2.24, 2.45) is 5.92 Å². The van der Waals surface area contributed by atoms with Crippen LogP contribution in [-0.4, -0.2) is 38.8 Å². The topological polar surface area (TPSA) is 75.7 Å². The molecule has 1 aromatic carbocycles. The molecule has 1 fully saturated rings. The van der Waals surface area contributed by atoms with Gasteiger partial charge in [0.15, 0.2) is 0 Å². The molecule has 6 nitrogen and oxygen atoms in total. The highest BCUT2D eigenvalue weighted by Gasteiger charge is 2.32. The summed E-state index contributed by atoms with van der Waals surface area (Å²) in [7, 11) is -1.89. The van der Waals surface area contributed by atoms with Crippen molar-refractivity contribution in [2.75, 3.05) is 25.5 Å². The molecule has 0 saturated carbocycles. The average molecular weight is 459 g/mol. The summed E-state index contributed by atoms with van der Waals surface area (Å²) in [6.07, 6.45) is 1.02. The summed E-state index contributed by atoms with van der Waals surface area (Å²) in [5, 5.41) is 2.88. The molecule has 9 heteroatoms. The fourth-order valence-corrected chi connectivity index (χ4v) is 6.47. The number of rotatable bonds is 5. The minimum atomic E-state index is -3.48. The number of carbonyl (C=O) groups is 1. The predicted molar refractivity (Wildman–Crippen MR) is 105 cm³/mol. The monoisotopic (exact) mass is 458 g/mol. The van der Waals surface area contributed by atoms with Crippen molar-refractivity contribution < 1.29 is 17.9 Å². The van der Waals surface area contributed by atoms with Crippen molar-refractivity contribution >= 4 is 48.9 Å². The third-order valence-electron chi connectivity index (χ3n) is 4.32. The number of methoxy groups -OCH3 is 1. The van der Waals surface area contributed by atoms with Gasteiger partial charge in [-0.3, -0.25) is 4.79 Å². The molecule has 2 aromatic rings. The zero-order chi connectivity index (χ0) is 18.7. The predicted octanol–water partition coefficient (Wildman–Crippen LogP) is 3.56. The quantitative estimate of drug-likeness (QED) is 0.742. The molecule has 0 bridgehead atoms. The zero-order valence-corrected chi connectivity index (χ0v) is 17.4. The standard InChI is InChI=1S/C17H19BrN2O4S2/c1-24-14-4-2-13(3-5-14)19-17(21)12-8-10-20(11-9-12)26(22,23)16-7-6-15(18)25-16/h2-7,12H,8-11H2,1H3,(H,19,21). The third-order valence-corrected chi connectivity index (χ3v) is 8.31. The molecule has 1 amide bonds. The van der Waals surface area contributed by atoms with Crippen molar-refractivity contribution in [2.45, 2.75) is 17.1 Å². The summed E-state index contributed by atoms with van der Waals surface area (Å²) in [6.45, 7) is 0.692. The Morgan fingerprint density at radius 3 is 2.38 bits per heavy atom. The number of piperidine rings is 1. The second-order valence-corrected chi connectivity index (χ2v) is 10.6. The summed E-state index contributed by atoms with van der Waals surface area (Å²) < 4.78 is 32.9. The second kappa shape index (κ2) is 8.08. The minimum Gasteiger partial charge on any atom is -0.497 e. The Morgan fingerprint density at radius 1 is 1.19 bits per heavy atom. The van der Waals surface area contributed by atoms with Crippen LogP contribution in [0.25, 0.3) is 0 Å². The van der Waals surface area contributed by atoms with Crippen LogP contribution in [-0.2, 0) is 14.8 Å². The van der Waals surface area contributed by atoms with E-state index < -0.39 is 10.0 Å². The van der Waals surface area contributed by atoms with Gasteiger partial charge in [0.1, 0.15) is 9.96 Å². The largest absolute Gasteiger partial charge is 0.497 e. The Kier molecular flexibility index (Phi) is 6.01. The lowest BCUT2D eigenvalue weighted by Gasteiger charge is -2.30. The molecule has 1 N–H and O–H groups in total. The summed E-state index contributed by atoms with van der Waals surface area (Å²) in [6, 6.07) is 10.5. The fraction of sp³-hybridized carbons (Fsp3) is 0.353. The molecular weight excluding hydrogens is 440 g/mol. The first-order chi connectivity index (χ1) is 12.4. The molecule has 1 aliphatic rings. The molecule has 26 heavy (non-hydrogen) atoms. The van der Waals surface area contributed by atoms with Crippen LogP contribution < -0.4 is 10.1 Å². The Morgan fingerprint density at radius 2 is 1.85 bits per heavy atom. The van der Waals surface area contributed by atoms with Gasteiger partial charge < -0.3 is 10.1 Å². The first-order valence-electron chi connectivity index (χ1n) is 8.10. The van der Waals surface area contributed by atoms with Crippen LogP contribution in [0.1, 0.15) is 12.8 Å². The van der Waals surface area contributed by atoms with Gasteiger partial charge in [0.25, 0.3) is 10.0 Å². The highest BCUT2D eigenvalue weighted by atomic mass is 79.9. The van der Waals surface area contributed by atoms with Gasteiger partial charge in [-0.05, 0) is 65.2 Å². The van der Waals surface area contributed by atoms with Crippen molar-refractivity contribution in [1.82, 2.24) is 4.31 Å². The van der Waals surface area contributed by atoms with Crippen molar-refractivity contribution in [3.05, 3.63) is 40.2 Å². The van der Waals surface area contributed by atoms with E-state index in [2.05, 4.69) is 21.2 Å². The average Bonchev–Trinajstić information content (AvgIpc) is 3.10. The normalized spacial score (nSPS) is 16.4. The van der Waals surface area contributed by atoms with Gasteiger partial charge in [-0.15, -0.1) is 11.3 Å². The summed E-state index contributed by atoms with van der Waals surface area (Å²) in [5.41, 5.74) is 0.703. The number of thiophene rings is 1. The van der Waals surface area contributed by atoms with Gasteiger partial charge in [-0.25, -0.2) is 8.42 Å². The maximum absolute atomic E-state index is 12.6. The molecule has 3 rings (SSSR count). The first-order valence-corrected chi connectivity index (χ1v) is 11.2. The fourth-order valence-electron chi connectivity index (χ4n) is 2.84. The number of sulfonamides is 1. The number of benzene rings is 1. The number of anilines is 1. The lowest BCUT2D eigenvalue weighted by atomic mass is 9.97. The molecule has 0 radical (unpaired) electrons. The maximum Gasteiger partial charge on any atom is 0.252 e. The van der Waals surface area contributed by atoms with Gasteiger partial charge in [-0.2, -0.15) is 4.31 Å². The van der Waals surface area contributed by atoms with E-state index in [0.29, 0.717) is 35.8 Å². The van der Waals surface area contributed by atoms with E-state index in [9.17, 15) is 13.2 Å². The number of ether oxygens (including phenoxy) is 1. The molecule has 0 atom stereocenters. The van der Waals surface area contributed by atoms with E-state index >= 15 is 0 Å². The molecule has 0 spiro atoms. The van der Waals surface area contributed by atoms with E-state index in [-0.39, 0.29) is 11.8 Å². The van der Waals surface area contributed by atoms with Crippen LogP contribution in [0, 0.1) is 5.92 Å². The highest BCUT2D eigenvalue weighted by molar-refractivity contribution is 9.11. The number of hydrogen-bond donors (Lipinski definition) is 1. The van der Waals surface area contributed by atoms with Crippen molar-refractivity contribution in [3.63, 3.8) is 0 Å². The number of nitrogens with one attached hydrogen (secondary N) is 1. The van der Waals surface area contributed by atoms with E-state index in [0.717, 1.165) is 9.54 Å². The molecular formula is C17H19BrN2O4S2. The molecule has 0 aliphatic carbocycles. The Labute approximate surface area is 165 Å². The van der Waals surface area contributed by atoms with Crippen molar-refractivity contribution in [1.29, 1.82) is 0 Å². The minimum absolute atomic E-state index is 0.0777. The highest BCUT2D eigenvalue weighted by Crippen LogP contribution is 2.31. The SMILES string of the molecule is COc1ccc(NC(=O)C2CCN(S(=O)(=O)c3ccc(Br)s3)CC2)cc1. The van der Waals surface area contributed by atoms with Gasteiger partial charge in [0.05, 0.1) is 10.9 Å². The zero-order valence-electron chi connectivity index (χ0n) is 14.1. The van der Waals surface area contributed by atoms with Crippen LogP contribution in [0.15, 0.2) is 44.4 Å². The van der Waals surface area contributed by atoms with Crippen LogP contribution in [0.4, 0.5) is 5.69 Å². The summed E-state index contributed by atoms with van der Waals surface area (Å²) in [5.74, 6) is 0.450. The smallest absolute Gasteiger partial charge is 0.252 e. The van der Waals surface area contributed by atoms with Gasteiger partial charge in [-0.1, -0.05) is 0 Å². The van der Waals surface area contributed by atoms with Crippen LogP contribution >= 0.6 is 27.3 Å². The number of carbonyl (C=O) groups excluding carboxylic acids is 1. The third kappa shape index (κ3) is 4.28. The number of amides is 1. The summed E-state index contributed by atoms with van der Waals surface area (Å²) >= 11 is 4.49. The number of nitrogens with zero attached hydrogens (tertiary/aromatic N) is 1. The summed E-state index contributed by atoms with van der Waals surface area (Å²) in [4.78, 5) is 12.4.